The molecule has 5 heteroatoms. The van der Waals surface area contributed by atoms with Crippen molar-refractivity contribution in [1.82, 2.24) is 4.90 Å². The van der Waals surface area contributed by atoms with Gasteiger partial charge < -0.3 is 15.7 Å². The van der Waals surface area contributed by atoms with Crippen molar-refractivity contribution in [1.29, 1.82) is 0 Å². The fraction of sp³-hybridized carbons (Fsp3) is 0.818. The van der Waals surface area contributed by atoms with Crippen LogP contribution in [0.25, 0.3) is 0 Å². The molecule has 5 nitrogen and oxygen atoms in total. The summed E-state index contributed by atoms with van der Waals surface area (Å²) < 4.78 is 0. The molecule has 3 N–H and O–H groups in total. The molecule has 92 valence electrons. The van der Waals surface area contributed by atoms with Crippen LogP contribution in [0.2, 0.25) is 0 Å². The first kappa shape index (κ1) is 13.0. The lowest BCUT2D eigenvalue weighted by Gasteiger charge is -2.39. The SMILES string of the molecule is CC1CCC(C(N)=O)CN1C(=O)C(C)(C)O. The van der Waals surface area contributed by atoms with Gasteiger partial charge in [-0.3, -0.25) is 9.59 Å². The second kappa shape index (κ2) is 4.41. The molecule has 0 spiro atoms. The van der Waals surface area contributed by atoms with Crippen LogP contribution in [-0.4, -0.2) is 40.0 Å². The molecule has 2 amide bonds. The number of nitrogens with zero attached hydrogens (tertiary/aromatic N) is 1. The van der Waals surface area contributed by atoms with Crippen molar-refractivity contribution >= 4 is 11.8 Å². The van der Waals surface area contributed by atoms with E-state index in [1.54, 1.807) is 4.90 Å². The first-order valence-corrected chi connectivity index (χ1v) is 5.56. The van der Waals surface area contributed by atoms with E-state index in [1.165, 1.54) is 13.8 Å². The lowest BCUT2D eigenvalue weighted by molar-refractivity contribution is -0.153. The number of carbonyl (C=O) groups excluding carboxylic acids is 2. The molecule has 2 unspecified atom stereocenters. The van der Waals surface area contributed by atoms with Crippen molar-refractivity contribution in [3.05, 3.63) is 0 Å². The number of nitrogens with two attached hydrogens (primary N) is 1. The van der Waals surface area contributed by atoms with Crippen LogP contribution in [0, 0.1) is 5.92 Å². The maximum absolute atomic E-state index is 11.9. The molecule has 16 heavy (non-hydrogen) atoms. The molecule has 1 fully saturated rings. The minimum absolute atomic E-state index is 0.0505. The minimum atomic E-state index is -1.40. The molecule has 1 heterocycles. The predicted octanol–water partition coefficient (Wildman–Crippen LogP) is -0.130. The highest BCUT2D eigenvalue weighted by atomic mass is 16.3. The van der Waals surface area contributed by atoms with Gasteiger partial charge in [0.15, 0.2) is 0 Å². The molecule has 0 aliphatic carbocycles. The molecule has 0 saturated carbocycles. The summed E-state index contributed by atoms with van der Waals surface area (Å²) in [6.07, 6.45) is 1.46. The van der Waals surface area contributed by atoms with E-state index in [4.69, 9.17) is 5.73 Å². The van der Waals surface area contributed by atoms with Gasteiger partial charge in [0, 0.05) is 12.6 Å². The number of carbonyl (C=O) groups is 2. The second-order valence-electron chi connectivity index (χ2n) is 5.04. The summed E-state index contributed by atoms with van der Waals surface area (Å²) in [6, 6.07) is 0.0505. The fourth-order valence-corrected chi connectivity index (χ4v) is 1.97. The topological polar surface area (TPSA) is 83.6 Å². The number of primary amides is 1. The number of likely N-dealkylation sites (tertiary alicyclic amines) is 1. The van der Waals surface area contributed by atoms with Gasteiger partial charge in [-0.15, -0.1) is 0 Å². The van der Waals surface area contributed by atoms with Gasteiger partial charge in [-0.2, -0.15) is 0 Å². The van der Waals surface area contributed by atoms with Crippen molar-refractivity contribution < 1.29 is 14.7 Å². The van der Waals surface area contributed by atoms with Crippen LogP contribution in [0.1, 0.15) is 33.6 Å². The smallest absolute Gasteiger partial charge is 0.254 e. The van der Waals surface area contributed by atoms with Crippen molar-refractivity contribution in [3.8, 4) is 0 Å². The Morgan fingerprint density at radius 1 is 1.38 bits per heavy atom. The first-order valence-electron chi connectivity index (χ1n) is 5.56. The molecule has 0 bridgehead atoms. The average Bonchev–Trinajstić information content (AvgIpc) is 2.15. The fourth-order valence-electron chi connectivity index (χ4n) is 1.97. The Morgan fingerprint density at radius 2 is 1.94 bits per heavy atom. The van der Waals surface area contributed by atoms with Crippen LogP contribution >= 0.6 is 0 Å². The summed E-state index contributed by atoms with van der Waals surface area (Å²) in [6.45, 7) is 5.14. The maximum Gasteiger partial charge on any atom is 0.254 e. The van der Waals surface area contributed by atoms with Gasteiger partial charge in [0.1, 0.15) is 5.60 Å². The Kier molecular flexibility index (Phi) is 3.57. The lowest BCUT2D eigenvalue weighted by atomic mass is 9.91. The first-order chi connectivity index (χ1) is 7.23. The summed E-state index contributed by atoms with van der Waals surface area (Å²) in [5.74, 6) is -1.01. The molecule has 2 atom stereocenters. The lowest BCUT2D eigenvalue weighted by Crippen LogP contribution is -2.54. The summed E-state index contributed by atoms with van der Waals surface area (Å²) in [5, 5.41) is 9.67. The molecular weight excluding hydrogens is 208 g/mol. The van der Waals surface area contributed by atoms with Crippen LogP contribution in [0.5, 0.6) is 0 Å². The Morgan fingerprint density at radius 3 is 2.38 bits per heavy atom. The van der Waals surface area contributed by atoms with Crippen molar-refractivity contribution in [2.45, 2.75) is 45.3 Å². The average molecular weight is 228 g/mol. The van der Waals surface area contributed by atoms with E-state index in [0.717, 1.165) is 6.42 Å². The standard InChI is InChI=1S/C11H20N2O3/c1-7-4-5-8(9(12)14)6-13(7)10(15)11(2,3)16/h7-8,16H,4-6H2,1-3H3,(H2,12,14). The van der Waals surface area contributed by atoms with Crippen LogP contribution in [-0.2, 0) is 9.59 Å². The second-order valence-corrected chi connectivity index (χ2v) is 5.04. The van der Waals surface area contributed by atoms with Crippen molar-refractivity contribution in [2.24, 2.45) is 11.7 Å². The monoisotopic (exact) mass is 228 g/mol. The van der Waals surface area contributed by atoms with Crippen LogP contribution in [0.3, 0.4) is 0 Å². The quantitative estimate of drug-likeness (QED) is 0.690. The largest absolute Gasteiger partial charge is 0.381 e. The normalized spacial score (nSPS) is 26.6. The Labute approximate surface area is 95.6 Å². The summed E-state index contributed by atoms with van der Waals surface area (Å²) in [5.41, 5.74) is 3.85. The zero-order valence-corrected chi connectivity index (χ0v) is 10.1. The molecule has 1 rings (SSSR count). The van der Waals surface area contributed by atoms with Crippen molar-refractivity contribution in [3.63, 3.8) is 0 Å². The maximum atomic E-state index is 11.9. The Bertz CT molecular complexity index is 296. The molecule has 0 aromatic rings. The third kappa shape index (κ3) is 2.72. The van der Waals surface area contributed by atoms with Crippen LogP contribution in [0.4, 0.5) is 0 Å². The van der Waals surface area contributed by atoms with E-state index >= 15 is 0 Å². The molecule has 1 aliphatic rings. The summed E-state index contributed by atoms with van der Waals surface area (Å²) in [4.78, 5) is 24.6. The number of amides is 2. The van der Waals surface area contributed by atoms with E-state index in [2.05, 4.69) is 0 Å². The highest BCUT2D eigenvalue weighted by Crippen LogP contribution is 2.24. The zero-order chi connectivity index (χ0) is 12.5. The van der Waals surface area contributed by atoms with Gasteiger partial charge in [-0.05, 0) is 33.6 Å². The molecular formula is C11H20N2O3. The van der Waals surface area contributed by atoms with Gasteiger partial charge >= 0.3 is 0 Å². The van der Waals surface area contributed by atoms with Gasteiger partial charge in [0.2, 0.25) is 5.91 Å². The van der Waals surface area contributed by atoms with Crippen LogP contribution in [0.15, 0.2) is 0 Å². The van der Waals surface area contributed by atoms with Crippen LogP contribution < -0.4 is 5.73 Å². The third-order valence-corrected chi connectivity index (χ3v) is 3.07. The van der Waals surface area contributed by atoms with E-state index in [0.29, 0.717) is 13.0 Å². The highest BCUT2D eigenvalue weighted by Gasteiger charge is 2.37. The van der Waals surface area contributed by atoms with Gasteiger partial charge in [-0.25, -0.2) is 0 Å². The Hall–Kier alpha value is -1.10. The Balaban J connectivity index is 2.78. The number of hydrogen-bond acceptors (Lipinski definition) is 3. The van der Waals surface area contributed by atoms with E-state index < -0.39 is 5.60 Å². The predicted molar refractivity (Wildman–Crippen MR) is 59.4 cm³/mol. The van der Waals surface area contributed by atoms with Gasteiger partial charge in [0.05, 0.1) is 5.92 Å². The molecule has 0 aromatic heterocycles. The van der Waals surface area contributed by atoms with E-state index in [-0.39, 0.29) is 23.8 Å². The van der Waals surface area contributed by atoms with E-state index in [9.17, 15) is 14.7 Å². The molecule has 1 aliphatic heterocycles. The number of rotatable bonds is 2. The van der Waals surface area contributed by atoms with E-state index in [1.807, 2.05) is 6.92 Å². The summed E-state index contributed by atoms with van der Waals surface area (Å²) >= 11 is 0. The third-order valence-electron chi connectivity index (χ3n) is 3.07. The summed E-state index contributed by atoms with van der Waals surface area (Å²) in [7, 11) is 0. The number of aliphatic hydroxyl groups is 1. The molecule has 0 radical (unpaired) electrons. The highest BCUT2D eigenvalue weighted by molar-refractivity contribution is 5.85. The minimum Gasteiger partial charge on any atom is -0.381 e. The van der Waals surface area contributed by atoms with Gasteiger partial charge in [-0.1, -0.05) is 0 Å². The molecule has 1 saturated heterocycles. The number of hydrogen-bond donors (Lipinski definition) is 2. The number of piperidine rings is 1. The molecule has 0 aromatic carbocycles. The van der Waals surface area contributed by atoms with Gasteiger partial charge in [0.25, 0.3) is 5.91 Å². The zero-order valence-electron chi connectivity index (χ0n) is 10.1. The van der Waals surface area contributed by atoms with Crippen molar-refractivity contribution in [2.75, 3.05) is 6.54 Å².